The standard InChI is InChI=1S/C29H35F2N3O2/c1-20-29(25-4-2-3-5-26(25)32-20)10-14-33(15-11-29)19-27(35)22-8-12-34(13-9-22)28(36)7-6-21-16-23(30)18-24(31)17-21/h2-7,16-18,20,22,27,32,35H,8-15,19H2,1H3. The number of para-hydroxylation sites is 1. The summed E-state index contributed by atoms with van der Waals surface area (Å²) in [5.41, 5.74) is 3.19. The number of fused-ring (bicyclic) bond motifs is 2. The van der Waals surface area contributed by atoms with E-state index >= 15 is 0 Å². The third-order valence-electron chi connectivity index (χ3n) is 8.56. The van der Waals surface area contributed by atoms with Crippen molar-refractivity contribution in [3.05, 3.63) is 71.3 Å². The molecule has 2 atom stereocenters. The summed E-state index contributed by atoms with van der Waals surface area (Å²) < 4.78 is 26.7. The molecule has 2 N–H and O–H groups in total. The predicted octanol–water partition coefficient (Wildman–Crippen LogP) is 4.43. The van der Waals surface area contributed by atoms with Crippen LogP contribution in [0.25, 0.3) is 6.08 Å². The Kier molecular flexibility index (Phi) is 7.13. The van der Waals surface area contributed by atoms with Crippen molar-refractivity contribution in [2.45, 2.75) is 50.2 Å². The smallest absolute Gasteiger partial charge is 0.246 e. The summed E-state index contributed by atoms with van der Waals surface area (Å²) in [6, 6.07) is 12.3. The maximum Gasteiger partial charge on any atom is 0.246 e. The zero-order chi connectivity index (χ0) is 25.3. The third kappa shape index (κ3) is 5.04. The van der Waals surface area contributed by atoms with Crippen LogP contribution in [0.15, 0.2) is 48.5 Å². The number of carbonyl (C=O) groups excluding carboxylic acids is 1. The van der Waals surface area contributed by atoms with Gasteiger partial charge in [0.15, 0.2) is 0 Å². The molecule has 0 aromatic heterocycles. The minimum atomic E-state index is -0.667. The van der Waals surface area contributed by atoms with Crippen LogP contribution in [0.4, 0.5) is 14.5 Å². The molecule has 3 aliphatic heterocycles. The van der Waals surface area contributed by atoms with Gasteiger partial charge in [0.1, 0.15) is 11.6 Å². The summed E-state index contributed by atoms with van der Waals surface area (Å²) >= 11 is 0. The fourth-order valence-corrected chi connectivity index (χ4v) is 6.35. The van der Waals surface area contributed by atoms with E-state index in [1.165, 1.54) is 35.5 Å². The monoisotopic (exact) mass is 495 g/mol. The molecule has 7 heteroatoms. The summed E-state index contributed by atoms with van der Waals surface area (Å²) in [4.78, 5) is 16.7. The van der Waals surface area contributed by atoms with Crippen LogP contribution in [-0.4, -0.2) is 65.7 Å². The molecule has 2 saturated heterocycles. The average molecular weight is 496 g/mol. The lowest BCUT2D eigenvalue weighted by molar-refractivity contribution is -0.128. The first-order valence-corrected chi connectivity index (χ1v) is 13.0. The fourth-order valence-electron chi connectivity index (χ4n) is 6.35. The molecule has 3 aliphatic rings. The molecule has 0 radical (unpaired) electrons. The Bertz CT molecular complexity index is 1100. The largest absolute Gasteiger partial charge is 0.392 e. The molecule has 36 heavy (non-hydrogen) atoms. The number of carbonyl (C=O) groups is 1. The number of halogens is 2. The Hall–Kier alpha value is -2.77. The molecule has 1 spiro atoms. The second-order valence-corrected chi connectivity index (χ2v) is 10.6. The number of aliphatic hydroxyl groups excluding tert-OH is 1. The number of rotatable bonds is 5. The van der Waals surface area contributed by atoms with Crippen molar-refractivity contribution in [3.63, 3.8) is 0 Å². The van der Waals surface area contributed by atoms with E-state index < -0.39 is 17.7 Å². The Labute approximate surface area is 211 Å². The molecule has 5 nitrogen and oxygen atoms in total. The van der Waals surface area contributed by atoms with Gasteiger partial charge < -0.3 is 20.2 Å². The van der Waals surface area contributed by atoms with Gasteiger partial charge >= 0.3 is 0 Å². The Balaban J connectivity index is 1.09. The first kappa shape index (κ1) is 24.9. The Morgan fingerprint density at radius 3 is 2.47 bits per heavy atom. The van der Waals surface area contributed by atoms with Gasteiger partial charge in [-0.1, -0.05) is 18.2 Å². The number of hydrogen-bond donors (Lipinski definition) is 2. The highest BCUT2D eigenvalue weighted by atomic mass is 19.1. The quantitative estimate of drug-likeness (QED) is 0.603. The van der Waals surface area contributed by atoms with E-state index in [-0.39, 0.29) is 17.2 Å². The van der Waals surface area contributed by atoms with Crippen molar-refractivity contribution in [1.29, 1.82) is 0 Å². The van der Waals surface area contributed by atoms with Crippen molar-refractivity contribution in [3.8, 4) is 0 Å². The van der Waals surface area contributed by atoms with Crippen LogP contribution in [-0.2, 0) is 10.2 Å². The van der Waals surface area contributed by atoms with E-state index in [0.29, 0.717) is 31.2 Å². The van der Waals surface area contributed by atoms with E-state index in [1.807, 2.05) is 0 Å². The van der Waals surface area contributed by atoms with Gasteiger partial charge in [0.05, 0.1) is 6.10 Å². The van der Waals surface area contributed by atoms with Gasteiger partial charge in [-0.25, -0.2) is 8.78 Å². The average Bonchev–Trinajstić information content (AvgIpc) is 3.14. The maximum atomic E-state index is 13.3. The summed E-state index contributed by atoms with van der Waals surface area (Å²) in [6.45, 7) is 6.05. The Morgan fingerprint density at radius 2 is 1.78 bits per heavy atom. The molecule has 192 valence electrons. The number of aliphatic hydroxyl groups is 1. The van der Waals surface area contributed by atoms with Crippen LogP contribution in [0.2, 0.25) is 0 Å². The van der Waals surface area contributed by atoms with E-state index in [4.69, 9.17) is 0 Å². The molecule has 2 aromatic carbocycles. The first-order chi connectivity index (χ1) is 17.3. The number of anilines is 1. The molecular formula is C29H35F2N3O2. The lowest BCUT2D eigenvalue weighted by Crippen LogP contribution is -2.50. The van der Waals surface area contributed by atoms with E-state index in [0.717, 1.165) is 44.8 Å². The zero-order valence-corrected chi connectivity index (χ0v) is 20.8. The van der Waals surface area contributed by atoms with Crippen LogP contribution in [0.1, 0.15) is 43.7 Å². The normalized spacial score (nSPS) is 23.1. The van der Waals surface area contributed by atoms with Gasteiger partial charge in [-0.3, -0.25) is 4.79 Å². The molecule has 0 saturated carbocycles. The number of piperidine rings is 2. The van der Waals surface area contributed by atoms with Crippen molar-refractivity contribution in [2.75, 3.05) is 38.0 Å². The topological polar surface area (TPSA) is 55.8 Å². The lowest BCUT2D eigenvalue weighted by Gasteiger charge is -2.43. The molecular weight excluding hydrogens is 460 g/mol. The van der Waals surface area contributed by atoms with Gasteiger partial charge in [0, 0.05) is 48.9 Å². The summed E-state index contributed by atoms with van der Waals surface area (Å²) in [6.07, 6.45) is 6.07. The SMILES string of the molecule is CC1Nc2ccccc2C12CCN(CC(O)C1CCN(C(=O)C=Cc3cc(F)cc(F)c3)CC1)CC2. The number of likely N-dealkylation sites (tertiary alicyclic amines) is 2. The van der Waals surface area contributed by atoms with Gasteiger partial charge in [0.2, 0.25) is 5.91 Å². The van der Waals surface area contributed by atoms with Gasteiger partial charge in [-0.05, 0) is 87.0 Å². The van der Waals surface area contributed by atoms with Crippen LogP contribution in [0, 0.1) is 17.6 Å². The van der Waals surface area contributed by atoms with Crippen molar-refractivity contribution < 1.29 is 18.7 Å². The molecule has 3 heterocycles. The van der Waals surface area contributed by atoms with E-state index in [2.05, 4.69) is 41.4 Å². The van der Waals surface area contributed by atoms with Gasteiger partial charge in [-0.15, -0.1) is 0 Å². The van der Waals surface area contributed by atoms with Crippen molar-refractivity contribution in [1.82, 2.24) is 9.80 Å². The van der Waals surface area contributed by atoms with Crippen LogP contribution in [0.5, 0.6) is 0 Å². The molecule has 0 bridgehead atoms. The Morgan fingerprint density at radius 1 is 1.11 bits per heavy atom. The molecule has 2 fully saturated rings. The number of nitrogens with one attached hydrogen (secondary N) is 1. The van der Waals surface area contributed by atoms with Crippen LogP contribution < -0.4 is 5.32 Å². The number of nitrogens with zero attached hydrogens (tertiary/aromatic N) is 2. The first-order valence-electron chi connectivity index (χ1n) is 13.0. The fraction of sp³-hybridized carbons (Fsp3) is 0.483. The third-order valence-corrected chi connectivity index (χ3v) is 8.56. The zero-order valence-electron chi connectivity index (χ0n) is 20.8. The predicted molar refractivity (Wildman–Crippen MR) is 138 cm³/mol. The highest BCUT2D eigenvalue weighted by molar-refractivity contribution is 5.91. The van der Waals surface area contributed by atoms with Crippen molar-refractivity contribution >= 4 is 17.7 Å². The summed E-state index contributed by atoms with van der Waals surface area (Å²) in [5.74, 6) is -1.34. The minimum absolute atomic E-state index is 0.166. The summed E-state index contributed by atoms with van der Waals surface area (Å²) in [7, 11) is 0. The molecule has 1 amide bonds. The highest BCUT2D eigenvalue weighted by Gasteiger charge is 2.46. The summed E-state index contributed by atoms with van der Waals surface area (Å²) in [5, 5.41) is 14.6. The van der Waals surface area contributed by atoms with Crippen LogP contribution >= 0.6 is 0 Å². The molecule has 2 aromatic rings. The minimum Gasteiger partial charge on any atom is -0.392 e. The number of amides is 1. The maximum absolute atomic E-state index is 13.3. The number of benzene rings is 2. The number of β-amino-alcohol motifs (C(OH)–C–C–N with tert-alkyl or cyclic N) is 1. The van der Waals surface area contributed by atoms with Crippen molar-refractivity contribution in [2.24, 2.45) is 5.92 Å². The van der Waals surface area contributed by atoms with Crippen LogP contribution in [0.3, 0.4) is 0 Å². The second-order valence-electron chi connectivity index (χ2n) is 10.6. The van der Waals surface area contributed by atoms with Gasteiger partial charge in [-0.2, -0.15) is 0 Å². The molecule has 2 unspecified atom stereocenters. The molecule has 0 aliphatic carbocycles. The van der Waals surface area contributed by atoms with Gasteiger partial charge in [0.25, 0.3) is 0 Å². The molecule has 5 rings (SSSR count). The highest BCUT2D eigenvalue weighted by Crippen LogP contribution is 2.47. The lowest BCUT2D eigenvalue weighted by atomic mass is 9.70. The van der Waals surface area contributed by atoms with E-state index in [1.54, 1.807) is 4.90 Å². The number of hydrogen-bond acceptors (Lipinski definition) is 4. The van der Waals surface area contributed by atoms with E-state index in [9.17, 15) is 18.7 Å². The second kappa shape index (κ2) is 10.3.